The maximum absolute atomic E-state index is 13.4. The van der Waals surface area contributed by atoms with E-state index in [1.165, 1.54) is 18.2 Å². The average molecular weight is 280 g/mol. The quantitative estimate of drug-likeness (QED) is 0.849. The van der Waals surface area contributed by atoms with Gasteiger partial charge >= 0.3 is 0 Å². The van der Waals surface area contributed by atoms with Gasteiger partial charge in [0.05, 0.1) is 18.2 Å². The lowest BCUT2D eigenvalue weighted by Crippen LogP contribution is -2.45. The van der Waals surface area contributed by atoms with Gasteiger partial charge in [-0.3, -0.25) is 9.59 Å². The summed E-state index contributed by atoms with van der Waals surface area (Å²) in [5, 5.41) is 11.8. The number of rotatable bonds is 3. The smallest absolute Gasteiger partial charge is 0.254 e. The number of nitrogens with one attached hydrogen (secondary N) is 1. The van der Waals surface area contributed by atoms with Gasteiger partial charge in [-0.2, -0.15) is 0 Å². The molecule has 1 fully saturated rings. The first-order valence-electron chi connectivity index (χ1n) is 6.56. The SMILES string of the molecule is O=C(NCC(=O)N1CCC(O)CC1)c1ccccc1F. The molecule has 1 aliphatic rings. The summed E-state index contributed by atoms with van der Waals surface area (Å²) in [5.41, 5.74) is -0.0747. The standard InChI is InChI=1S/C14H17FN2O3/c15-12-4-2-1-3-11(12)14(20)16-9-13(19)17-7-5-10(18)6-8-17/h1-4,10,18H,5-9H2,(H,16,20). The summed E-state index contributed by atoms with van der Waals surface area (Å²) in [6.45, 7) is 0.800. The molecule has 0 aromatic heterocycles. The number of benzene rings is 1. The van der Waals surface area contributed by atoms with E-state index in [0.29, 0.717) is 25.9 Å². The molecule has 6 heteroatoms. The molecule has 1 saturated heterocycles. The van der Waals surface area contributed by atoms with Gasteiger partial charge in [-0.1, -0.05) is 12.1 Å². The number of hydrogen-bond acceptors (Lipinski definition) is 3. The number of amides is 2. The van der Waals surface area contributed by atoms with Gasteiger partial charge in [0.1, 0.15) is 5.82 Å². The monoisotopic (exact) mass is 280 g/mol. The predicted molar refractivity (Wildman–Crippen MR) is 70.6 cm³/mol. The van der Waals surface area contributed by atoms with E-state index < -0.39 is 11.7 Å². The van der Waals surface area contributed by atoms with Crippen molar-refractivity contribution in [1.82, 2.24) is 10.2 Å². The van der Waals surface area contributed by atoms with Crippen molar-refractivity contribution >= 4 is 11.8 Å². The maximum atomic E-state index is 13.4. The number of nitrogens with zero attached hydrogens (tertiary/aromatic N) is 1. The maximum Gasteiger partial charge on any atom is 0.254 e. The third kappa shape index (κ3) is 3.54. The summed E-state index contributed by atoms with van der Waals surface area (Å²) in [6.07, 6.45) is 0.743. The molecule has 2 amide bonds. The number of hydrogen-bond donors (Lipinski definition) is 2. The van der Waals surface area contributed by atoms with Crippen molar-refractivity contribution < 1.29 is 19.1 Å². The lowest BCUT2D eigenvalue weighted by Gasteiger charge is -2.29. The van der Waals surface area contributed by atoms with Crippen LogP contribution in [0.1, 0.15) is 23.2 Å². The summed E-state index contributed by atoms with van der Waals surface area (Å²) in [5.74, 6) is -1.44. The van der Waals surface area contributed by atoms with Crippen LogP contribution in [0.25, 0.3) is 0 Å². The van der Waals surface area contributed by atoms with E-state index in [0.717, 1.165) is 0 Å². The molecular weight excluding hydrogens is 263 g/mol. The van der Waals surface area contributed by atoms with Crippen molar-refractivity contribution in [3.8, 4) is 0 Å². The molecule has 0 saturated carbocycles. The fraction of sp³-hybridized carbons (Fsp3) is 0.429. The van der Waals surface area contributed by atoms with Gasteiger partial charge < -0.3 is 15.3 Å². The largest absolute Gasteiger partial charge is 0.393 e. The van der Waals surface area contributed by atoms with Crippen LogP contribution >= 0.6 is 0 Å². The van der Waals surface area contributed by atoms with Crippen LogP contribution in [0.5, 0.6) is 0 Å². The van der Waals surface area contributed by atoms with Crippen LogP contribution in [0.2, 0.25) is 0 Å². The van der Waals surface area contributed by atoms with Gasteiger partial charge in [0.15, 0.2) is 0 Å². The van der Waals surface area contributed by atoms with Crippen LogP contribution in [-0.2, 0) is 4.79 Å². The van der Waals surface area contributed by atoms with Gasteiger partial charge in [0, 0.05) is 13.1 Å². The average Bonchev–Trinajstić information content (AvgIpc) is 2.45. The fourth-order valence-corrected chi connectivity index (χ4v) is 2.12. The van der Waals surface area contributed by atoms with E-state index >= 15 is 0 Å². The van der Waals surface area contributed by atoms with Crippen LogP contribution in [-0.4, -0.2) is 47.6 Å². The normalized spacial score (nSPS) is 16.0. The summed E-state index contributed by atoms with van der Waals surface area (Å²) in [7, 11) is 0. The Balaban J connectivity index is 1.84. The van der Waals surface area contributed by atoms with Crippen LogP contribution in [0, 0.1) is 5.82 Å². The van der Waals surface area contributed by atoms with Crippen LogP contribution in [0.3, 0.4) is 0 Å². The number of aliphatic hydroxyl groups excluding tert-OH is 1. The molecule has 20 heavy (non-hydrogen) atoms. The van der Waals surface area contributed by atoms with Crippen molar-refractivity contribution in [2.75, 3.05) is 19.6 Å². The molecule has 0 spiro atoms. The number of carbonyl (C=O) groups excluding carboxylic acids is 2. The van der Waals surface area contributed by atoms with Crippen molar-refractivity contribution in [3.63, 3.8) is 0 Å². The Kier molecular flexibility index (Phi) is 4.68. The molecule has 2 N–H and O–H groups in total. The van der Waals surface area contributed by atoms with E-state index in [2.05, 4.69) is 5.32 Å². The Bertz CT molecular complexity index is 499. The predicted octanol–water partition coefficient (Wildman–Crippen LogP) is 0.539. The summed E-state index contributed by atoms with van der Waals surface area (Å²) in [4.78, 5) is 25.2. The number of piperidine rings is 1. The van der Waals surface area contributed by atoms with Gasteiger partial charge in [-0.25, -0.2) is 4.39 Å². The highest BCUT2D eigenvalue weighted by Crippen LogP contribution is 2.10. The molecule has 0 atom stereocenters. The first-order chi connectivity index (χ1) is 9.58. The minimum atomic E-state index is -0.612. The van der Waals surface area contributed by atoms with E-state index in [4.69, 9.17) is 0 Å². The second-order valence-electron chi connectivity index (χ2n) is 4.77. The van der Waals surface area contributed by atoms with Crippen molar-refractivity contribution in [1.29, 1.82) is 0 Å². The van der Waals surface area contributed by atoms with Gasteiger partial charge in [0.2, 0.25) is 5.91 Å². The minimum Gasteiger partial charge on any atom is -0.393 e. The van der Waals surface area contributed by atoms with Crippen LogP contribution in [0.4, 0.5) is 4.39 Å². The Labute approximate surface area is 116 Å². The first kappa shape index (κ1) is 14.5. The van der Waals surface area contributed by atoms with E-state index in [1.54, 1.807) is 11.0 Å². The summed E-state index contributed by atoms with van der Waals surface area (Å²) >= 11 is 0. The zero-order valence-corrected chi connectivity index (χ0v) is 11.0. The lowest BCUT2D eigenvalue weighted by molar-refractivity contribution is -0.132. The topological polar surface area (TPSA) is 69.6 Å². The highest BCUT2D eigenvalue weighted by Gasteiger charge is 2.21. The third-order valence-electron chi connectivity index (χ3n) is 3.34. The van der Waals surface area contributed by atoms with Crippen molar-refractivity contribution in [3.05, 3.63) is 35.6 Å². The highest BCUT2D eigenvalue weighted by atomic mass is 19.1. The molecule has 1 aromatic carbocycles. The highest BCUT2D eigenvalue weighted by molar-refractivity contribution is 5.96. The molecule has 1 aliphatic heterocycles. The fourth-order valence-electron chi connectivity index (χ4n) is 2.12. The molecule has 0 radical (unpaired) electrons. The summed E-state index contributed by atoms with van der Waals surface area (Å²) < 4.78 is 13.4. The zero-order valence-electron chi connectivity index (χ0n) is 11.0. The second kappa shape index (κ2) is 6.47. The molecule has 0 bridgehead atoms. The van der Waals surface area contributed by atoms with Gasteiger partial charge in [0.25, 0.3) is 5.91 Å². The molecule has 1 aromatic rings. The molecule has 1 heterocycles. The zero-order chi connectivity index (χ0) is 14.5. The molecule has 0 aliphatic carbocycles. The second-order valence-corrected chi connectivity index (χ2v) is 4.77. The van der Waals surface area contributed by atoms with Crippen molar-refractivity contribution in [2.45, 2.75) is 18.9 Å². The summed E-state index contributed by atoms with van der Waals surface area (Å²) in [6, 6.07) is 5.62. The minimum absolute atomic E-state index is 0.0747. The Morgan fingerprint density at radius 1 is 1.30 bits per heavy atom. The van der Waals surface area contributed by atoms with Gasteiger partial charge in [-0.15, -0.1) is 0 Å². The Hall–Kier alpha value is -1.95. The molecule has 108 valence electrons. The number of aliphatic hydroxyl groups is 1. The van der Waals surface area contributed by atoms with Gasteiger partial charge in [-0.05, 0) is 25.0 Å². The van der Waals surface area contributed by atoms with E-state index in [-0.39, 0.29) is 24.1 Å². The third-order valence-corrected chi connectivity index (χ3v) is 3.34. The molecule has 5 nitrogen and oxygen atoms in total. The first-order valence-corrected chi connectivity index (χ1v) is 6.56. The van der Waals surface area contributed by atoms with E-state index in [9.17, 15) is 19.1 Å². The number of halogens is 1. The molecule has 2 rings (SSSR count). The molecular formula is C14H17FN2O3. The number of likely N-dealkylation sites (tertiary alicyclic amines) is 1. The number of carbonyl (C=O) groups is 2. The molecule has 0 unspecified atom stereocenters. The van der Waals surface area contributed by atoms with Crippen molar-refractivity contribution in [2.24, 2.45) is 0 Å². The van der Waals surface area contributed by atoms with Crippen LogP contribution < -0.4 is 5.32 Å². The lowest BCUT2D eigenvalue weighted by atomic mass is 10.1. The Morgan fingerprint density at radius 3 is 2.60 bits per heavy atom. The van der Waals surface area contributed by atoms with E-state index in [1.807, 2.05) is 0 Å². The Morgan fingerprint density at radius 2 is 1.95 bits per heavy atom. The van der Waals surface area contributed by atoms with Crippen LogP contribution in [0.15, 0.2) is 24.3 Å².